The topological polar surface area (TPSA) is 67.6 Å². The lowest BCUT2D eigenvalue weighted by molar-refractivity contribution is 0.384. The Morgan fingerprint density at radius 3 is 2.59 bits per heavy atom. The first-order chi connectivity index (χ1) is 10.8. The highest BCUT2D eigenvalue weighted by atomic mass is 16.5. The summed E-state index contributed by atoms with van der Waals surface area (Å²) in [5, 5.41) is 4.09. The monoisotopic (exact) mass is 298 g/mol. The molecule has 1 aromatic carbocycles. The Hall–Kier alpha value is -2.30. The fourth-order valence-corrected chi connectivity index (χ4v) is 2.69. The number of hydrogen-bond donors (Lipinski definition) is 1. The quantitative estimate of drug-likeness (QED) is 0.698. The van der Waals surface area contributed by atoms with Gasteiger partial charge in [-0.1, -0.05) is 48.3 Å². The third-order valence-corrected chi connectivity index (χ3v) is 3.96. The summed E-state index contributed by atoms with van der Waals surface area (Å²) in [5.41, 5.74) is 7.97. The van der Waals surface area contributed by atoms with Crippen LogP contribution in [0.5, 0.6) is 0 Å². The number of aromatic nitrogens is 1. The van der Waals surface area contributed by atoms with E-state index in [-0.39, 0.29) is 0 Å². The second-order valence-corrected chi connectivity index (χ2v) is 5.62. The van der Waals surface area contributed by atoms with Gasteiger partial charge in [0.2, 0.25) is 0 Å². The van der Waals surface area contributed by atoms with Crippen LogP contribution in [0.15, 0.2) is 45.9 Å². The molecule has 0 spiro atoms. The lowest BCUT2D eigenvalue weighted by Crippen LogP contribution is -2.38. The standard InChI is InChI=1S/C17H22N4O/c18-17(21-10-6-1-2-7-11-21)19-13-15-12-16(20-22-15)14-8-4-3-5-9-14/h3-5,8-9,12H,1-2,6-7,10-11,13H2,(H2,18,19). The van der Waals surface area contributed by atoms with E-state index in [0.29, 0.717) is 12.5 Å². The summed E-state index contributed by atoms with van der Waals surface area (Å²) in [5.74, 6) is 1.34. The van der Waals surface area contributed by atoms with E-state index in [1.54, 1.807) is 0 Å². The van der Waals surface area contributed by atoms with Crippen LogP contribution in [0.25, 0.3) is 11.3 Å². The highest BCUT2D eigenvalue weighted by molar-refractivity contribution is 5.78. The first kappa shape index (κ1) is 14.6. The Morgan fingerprint density at radius 1 is 1.14 bits per heavy atom. The van der Waals surface area contributed by atoms with Gasteiger partial charge in [0, 0.05) is 24.7 Å². The minimum atomic E-state index is 0.433. The van der Waals surface area contributed by atoms with Crippen molar-refractivity contribution in [3.8, 4) is 11.3 Å². The molecule has 0 bridgehead atoms. The highest BCUT2D eigenvalue weighted by Crippen LogP contribution is 2.19. The van der Waals surface area contributed by atoms with Gasteiger partial charge in [-0.3, -0.25) is 0 Å². The second kappa shape index (κ2) is 7.11. The van der Waals surface area contributed by atoms with Crippen LogP contribution in [0.4, 0.5) is 0 Å². The first-order valence-electron chi connectivity index (χ1n) is 7.89. The Kier molecular flexibility index (Phi) is 4.73. The molecule has 0 saturated carbocycles. The van der Waals surface area contributed by atoms with Gasteiger partial charge in [-0.15, -0.1) is 0 Å². The molecule has 1 aliphatic heterocycles. The summed E-state index contributed by atoms with van der Waals surface area (Å²) in [6.07, 6.45) is 4.95. The lowest BCUT2D eigenvalue weighted by Gasteiger charge is -2.20. The van der Waals surface area contributed by atoms with Crippen LogP contribution in [0.1, 0.15) is 31.4 Å². The number of guanidine groups is 1. The van der Waals surface area contributed by atoms with E-state index >= 15 is 0 Å². The maximum atomic E-state index is 6.10. The largest absolute Gasteiger partial charge is 0.370 e. The molecule has 1 saturated heterocycles. The van der Waals surface area contributed by atoms with Crippen LogP contribution < -0.4 is 5.73 Å². The summed E-state index contributed by atoms with van der Waals surface area (Å²) in [4.78, 5) is 6.62. The van der Waals surface area contributed by atoms with Crippen molar-refractivity contribution in [2.24, 2.45) is 10.7 Å². The molecule has 5 heteroatoms. The predicted molar refractivity (Wildman–Crippen MR) is 87.3 cm³/mol. The zero-order valence-corrected chi connectivity index (χ0v) is 12.7. The van der Waals surface area contributed by atoms with Gasteiger partial charge in [0.05, 0.1) is 0 Å². The molecule has 22 heavy (non-hydrogen) atoms. The Morgan fingerprint density at radius 2 is 1.86 bits per heavy atom. The van der Waals surface area contributed by atoms with Crippen molar-refractivity contribution in [1.82, 2.24) is 10.1 Å². The third-order valence-electron chi connectivity index (χ3n) is 3.96. The molecule has 0 radical (unpaired) electrons. The lowest BCUT2D eigenvalue weighted by atomic mass is 10.1. The van der Waals surface area contributed by atoms with Crippen LogP contribution in [-0.2, 0) is 6.54 Å². The van der Waals surface area contributed by atoms with Gasteiger partial charge in [0.15, 0.2) is 11.7 Å². The molecule has 5 nitrogen and oxygen atoms in total. The van der Waals surface area contributed by atoms with Crippen LogP contribution >= 0.6 is 0 Å². The van der Waals surface area contributed by atoms with E-state index in [0.717, 1.165) is 30.1 Å². The van der Waals surface area contributed by atoms with Crippen molar-refractivity contribution in [3.05, 3.63) is 42.2 Å². The van der Waals surface area contributed by atoms with E-state index in [1.807, 2.05) is 36.4 Å². The van der Waals surface area contributed by atoms with Gasteiger partial charge < -0.3 is 15.2 Å². The molecule has 2 N–H and O–H groups in total. The van der Waals surface area contributed by atoms with Crippen LogP contribution in [0, 0.1) is 0 Å². The summed E-state index contributed by atoms with van der Waals surface area (Å²) in [7, 11) is 0. The molecule has 1 aromatic heterocycles. The summed E-state index contributed by atoms with van der Waals surface area (Å²) in [6.45, 7) is 2.43. The van der Waals surface area contributed by atoms with Gasteiger partial charge in [0.1, 0.15) is 12.2 Å². The number of aliphatic imine (C=N–C) groups is 1. The third kappa shape index (κ3) is 3.67. The van der Waals surface area contributed by atoms with E-state index in [1.165, 1.54) is 25.7 Å². The zero-order chi connectivity index (χ0) is 15.2. The Labute approximate surface area is 130 Å². The SMILES string of the molecule is NC(=NCc1cc(-c2ccccc2)no1)N1CCCCCC1. The molecule has 3 rings (SSSR count). The van der Waals surface area contributed by atoms with Crippen LogP contribution in [0.3, 0.4) is 0 Å². The second-order valence-electron chi connectivity index (χ2n) is 5.62. The molecule has 1 aliphatic rings. The highest BCUT2D eigenvalue weighted by Gasteiger charge is 2.11. The summed E-state index contributed by atoms with van der Waals surface area (Å²) in [6, 6.07) is 11.9. The number of likely N-dealkylation sites (tertiary alicyclic amines) is 1. The number of hydrogen-bond acceptors (Lipinski definition) is 3. The van der Waals surface area contributed by atoms with Gasteiger partial charge in [-0.05, 0) is 12.8 Å². The number of rotatable bonds is 3. The average Bonchev–Trinajstić information content (AvgIpc) is 2.87. The Bertz CT molecular complexity index is 613. The summed E-state index contributed by atoms with van der Waals surface area (Å²) < 4.78 is 5.35. The average molecular weight is 298 g/mol. The minimum Gasteiger partial charge on any atom is -0.370 e. The van der Waals surface area contributed by atoms with Crippen LogP contribution in [-0.4, -0.2) is 29.1 Å². The van der Waals surface area contributed by atoms with Gasteiger partial charge in [0.25, 0.3) is 0 Å². The summed E-state index contributed by atoms with van der Waals surface area (Å²) >= 11 is 0. The van der Waals surface area contributed by atoms with Crippen molar-refractivity contribution >= 4 is 5.96 Å². The van der Waals surface area contributed by atoms with Crippen molar-refractivity contribution in [3.63, 3.8) is 0 Å². The smallest absolute Gasteiger partial charge is 0.191 e. The maximum Gasteiger partial charge on any atom is 0.191 e. The van der Waals surface area contributed by atoms with Crippen molar-refractivity contribution < 1.29 is 4.52 Å². The minimum absolute atomic E-state index is 0.433. The molecular weight excluding hydrogens is 276 g/mol. The molecule has 0 aliphatic carbocycles. The maximum absolute atomic E-state index is 6.10. The van der Waals surface area contributed by atoms with E-state index < -0.39 is 0 Å². The van der Waals surface area contributed by atoms with Gasteiger partial charge in [-0.25, -0.2) is 4.99 Å². The van der Waals surface area contributed by atoms with Crippen molar-refractivity contribution in [2.75, 3.05) is 13.1 Å². The first-order valence-corrected chi connectivity index (χ1v) is 7.89. The van der Waals surface area contributed by atoms with Gasteiger partial charge >= 0.3 is 0 Å². The zero-order valence-electron chi connectivity index (χ0n) is 12.7. The fourth-order valence-electron chi connectivity index (χ4n) is 2.69. The normalized spacial score (nSPS) is 16.5. The van der Waals surface area contributed by atoms with E-state index in [9.17, 15) is 0 Å². The Balaban J connectivity index is 1.63. The fraction of sp³-hybridized carbons (Fsp3) is 0.412. The molecule has 0 unspecified atom stereocenters. The van der Waals surface area contributed by atoms with Crippen molar-refractivity contribution in [2.45, 2.75) is 32.2 Å². The number of benzene rings is 1. The number of nitrogens with two attached hydrogens (primary N) is 1. The van der Waals surface area contributed by atoms with Gasteiger partial charge in [-0.2, -0.15) is 0 Å². The molecule has 2 heterocycles. The van der Waals surface area contributed by atoms with Crippen molar-refractivity contribution in [1.29, 1.82) is 0 Å². The van der Waals surface area contributed by atoms with E-state index in [2.05, 4.69) is 15.0 Å². The number of nitrogens with zero attached hydrogens (tertiary/aromatic N) is 3. The predicted octanol–water partition coefficient (Wildman–Crippen LogP) is 3.03. The molecule has 1 fully saturated rings. The van der Waals surface area contributed by atoms with Crippen LogP contribution in [0.2, 0.25) is 0 Å². The molecular formula is C17H22N4O. The molecule has 0 atom stereocenters. The molecule has 0 amide bonds. The molecule has 116 valence electrons. The molecule has 2 aromatic rings. The van der Waals surface area contributed by atoms with E-state index in [4.69, 9.17) is 10.3 Å².